The Hall–Kier alpha value is -1.26. The third-order valence-electron chi connectivity index (χ3n) is 3.90. The molecule has 0 saturated carbocycles. The lowest BCUT2D eigenvalue weighted by Gasteiger charge is -2.27. The summed E-state index contributed by atoms with van der Waals surface area (Å²) < 4.78 is 5.75. The van der Waals surface area contributed by atoms with E-state index in [0.717, 1.165) is 37.6 Å². The van der Waals surface area contributed by atoms with Crippen molar-refractivity contribution in [3.8, 4) is 5.75 Å². The van der Waals surface area contributed by atoms with Gasteiger partial charge < -0.3 is 15.4 Å². The molecule has 1 saturated heterocycles. The highest BCUT2D eigenvalue weighted by molar-refractivity contribution is 5.43. The lowest BCUT2D eigenvalue weighted by Crippen LogP contribution is -2.38. The minimum Gasteiger partial charge on any atom is -0.493 e. The molecule has 112 valence electrons. The van der Waals surface area contributed by atoms with Crippen molar-refractivity contribution in [3.63, 3.8) is 0 Å². The first-order valence-corrected chi connectivity index (χ1v) is 7.56. The summed E-state index contributed by atoms with van der Waals surface area (Å²) in [5.41, 5.74) is 6.49. The molecule has 1 aliphatic rings. The highest BCUT2D eigenvalue weighted by atomic mass is 16.5. The molecule has 0 spiro atoms. The first-order chi connectivity index (χ1) is 9.65. The average Bonchev–Trinajstić information content (AvgIpc) is 2.56. The van der Waals surface area contributed by atoms with Gasteiger partial charge in [-0.3, -0.25) is 4.90 Å². The van der Waals surface area contributed by atoms with Crippen LogP contribution in [-0.4, -0.2) is 55.7 Å². The SMILES string of the molecule is CC1CN(C)CCCN1CCCOc1cccc(N)c1. The second-order valence-corrected chi connectivity index (χ2v) is 5.78. The molecule has 20 heavy (non-hydrogen) atoms. The molecule has 4 heteroatoms. The van der Waals surface area contributed by atoms with Gasteiger partial charge in [0.05, 0.1) is 6.61 Å². The predicted octanol–water partition coefficient (Wildman–Crippen LogP) is 2.06. The van der Waals surface area contributed by atoms with Gasteiger partial charge in [-0.15, -0.1) is 0 Å². The van der Waals surface area contributed by atoms with Gasteiger partial charge in [0.15, 0.2) is 0 Å². The van der Waals surface area contributed by atoms with Crippen LogP contribution in [0.1, 0.15) is 19.8 Å². The molecule has 0 bridgehead atoms. The van der Waals surface area contributed by atoms with Gasteiger partial charge in [0.25, 0.3) is 0 Å². The van der Waals surface area contributed by atoms with Crippen LogP contribution in [0.4, 0.5) is 5.69 Å². The van der Waals surface area contributed by atoms with Gasteiger partial charge in [-0.2, -0.15) is 0 Å². The van der Waals surface area contributed by atoms with Gasteiger partial charge >= 0.3 is 0 Å². The zero-order chi connectivity index (χ0) is 14.4. The van der Waals surface area contributed by atoms with Crippen molar-refractivity contribution in [1.82, 2.24) is 9.80 Å². The maximum atomic E-state index is 5.75. The molecule has 2 N–H and O–H groups in total. The molecule has 1 unspecified atom stereocenters. The van der Waals surface area contributed by atoms with Gasteiger partial charge in [-0.1, -0.05) is 6.07 Å². The third kappa shape index (κ3) is 4.69. The minimum absolute atomic E-state index is 0.634. The van der Waals surface area contributed by atoms with E-state index in [1.807, 2.05) is 24.3 Å². The maximum absolute atomic E-state index is 5.75. The summed E-state index contributed by atoms with van der Waals surface area (Å²) >= 11 is 0. The third-order valence-corrected chi connectivity index (χ3v) is 3.90. The van der Waals surface area contributed by atoms with Crippen LogP contribution in [-0.2, 0) is 0 Å². The standard InChI is InChI=1S/C16H27N3O/c1-14-13-18(2)8-4-9-19(14)10-5-11-20-16-7-3-6-15(17)12-16/h3,6-7,12,14H,4-5,8-11,13,17H2,1-2H3. The number of ether oxygens (including phenoxy) is 1. The van der Waals surface area contributed by atoms with E-state index in [-0.39, 0.29) is 0 Å². The van der Waals surface area contributed by atoms with E-state index in [4.69, 9.17) is 10.5 Å². The van der Waals surface area contributed by atoms with E-state index in [0.29, 0.717) is 6.04 Å². The Balaban J connectivity index is 1.70. The summed E-state index contributed by atoms with van der Waals surface area (Å²) in [4.78, 5) is 5.00. The Labute approximate surface area is 122 Å². The Bertz CT molecular complexity index is 410. The molecule has 1 atom stereocenters. The van der Waals surface area contributed by atoms with Crippen molar-refractivity contribution in [2.24, 2.45) is 0 Å². The van der Waals surface area contributed by atoms with E-state index in [1.165, 1.54) is 19.5 Å². The fraction of sp³-hybridized carbons (Fsp3) is 0.625. The Morgan fingerprint density at radius 1 is 1.35 bits per heavy atom. The molecule has 0 amide bonds. The van der Waals surface area contributed by atoms with E-state index in [1.54, 1.807) is 0 Å². The topological polar surface area (TPSA) is 41.7 Å². The summed E-state index contributed by atoms with van der Waals surface area (Å²) in [6, 6.07) is 8.28. The monoisotopic (exact) mass is 277 g/mol. The van der Waals surface area contributed by atoms with Crippen LogP contribution in [0, 0.1) is 0 Å². The van der Waals surface area contributed by atoms with Gasteiger partial charge in [0, 0.05) is 30.9 Å². The van der Waals surface area contributed by atoms with Gasteiger partial charge in [-0.25, -0.2) is 0 Å². The highest BCUT2D eigenvalue weighted by Gasteiger charge is 2.18. The summed E-state index contributed by atoms with van der Waals surface area (Å²) in [7, 11) is 2.21. The molecule has 1 fully saturated rings. The van der Waals surface area contributed by atoms with Gasteiger partial charge in [-0.05, 0) is 52.0 Å². The molecule has 0 radical (unpaired) electrons. The molecule has 2 rings (SSSR count). The molecular weight excluding hydrogens is 250 g/mol. The summed E-state index contributed by atoms with van der Waals surface area (Å²) in [5, 5.41) is 0. The number of likely N-dealkylation sites (N-methyl/N-ethyl adjacent to an activating group) is 1. The Morgan fingerprint density at radius 2 is 2.20 bits per heavy atom. The average molecular weight is 277 g/mol. The largest absolute Gasteiger partial charge is 0.493 e. The number of nitrogens with zero attached hydrogens (tertiary/aromatic N) is 2. The second-order valence-electron chi connectivity index (χ2n) is 5.78. The lowest BCUT2D eigenvalue weighted by molar-refractivity contribution is 0.185. The van der Waals surface area contributed by atoms with E-state index >= 15 is 0 Å². The van der Waals surface area contributed by atoms with Crippen molar-refractivity contribution in [3.05, 3.63) is 24.3 Å². The smallest absolute Gasteiger partial charge is 0.121 e. The van der Waals surface area contributed by atoms with Crippen LogP contribution in [0.2, 0.25) is 0 Å². The van der Waals surface area contributed by atoms with Crippen LogP contribution in [0.5, 0.6) is 5.75 Å². The molecule has 0 aliphatic carbocycles. The normalized spacial score (nSPS) is 21.6. The fourth-order valence-electron chi connectivity index (χ4n) is 2.82. The van der Waals surface area contributed by atoms with E-state index in [2.05, 4.69) is 23.8 Å². The molecular formula is C16H27N3O. The number of nitrogen functional groups attached to an aromatic ring is 1. The zero-order valence-electron chi connectivity index (χ0n) is 12.7. The van der Waals surface area contributed by atoms with E-state index < -0.39 is 0 Å². The first-order valence-electron chi connectivity index (χ1n) is 7.56. The lowest BCUT2D eigenvalue weighted by atomic mass is 10.2. The van der Waals surface area contributed by atoms with Crippen molar-refractivity contribution >= 4 is 5.69 Å². The van der Waals surface area contributed by atoms with Crippen LogP contribution in [0.15, 0.2) is 24.3 Å². The van der Waals surface area contributed by atoms with E-state index in [9.17, 15) is 0 Å². The molecule has 0 aromatic heterocycles. The summed E-state index contributed by atoms with van der Waals surface area (Å²) in [6.07, 6.45) is 2.32. The van der Waals surface area contributed by atoms with Crippen LogP contribution in [0.25, 0.3) is 0 Å². The second kappa shape index (κ2) is 7.50. The molecule has 4 nitrogen and oxygen atoms in total. The van der Waals surface area contributed by atoms with Gasteiger partial charge in [0.2, 0.25) is 0 Å². The quantitative estimate of drug-likeness (QED) is 0.661. The minimum atomic E-state index is 0.634. The van der Waals surface area contributed by atoms with Crippen molar-refractivity contribution < 1.29 is 4.74 Å². The number of nitrogens with two attached hydrogens (primary N) is 1. The summed E-state index contributed by atoms with van der Waals surface area (Å²) in [5.74, 6) is 0.869. The van der Waals surface area contributed by atoms with Crippen molar-refractivity contribution in [2.45, 2.75) is 25.8 Å². The Morgan fingerprint density at radius 3 is 3.00 bits per heavy atom. The molecule has 1 heterocycles. The first kappa shape index (κ1) is 15.1. The number of anilines is 1. The van der Waals surface area contributed by atoms with Crippen molar-refractivity contribution in [1.29, 1.82) is 0 Å². The number of hydrogen-bond donors (Lipinski definition) is 1. The number of benzene rings is 1. The zero-order valence-corrected chi connectivity index (χ0v) is 12.7. The Kier molecular flexibility index (Phi) is 5.68. The maximum Gasteiger partial charge on any atom is 0.121 e. The van der Waals surface area contributed by atoms with Crippen LogP contribution < -0.4 is 10.5 Å². The summed E-state index contributed by atoms with van der Waals surface area (Å²) in [6.45, 7) is 7.75. The molecule has 1 aromatic rings. The van der Waals surface area contributed by atoms with Gasteiger partial charge in [0.1, 0.15) is 5.75 Å². The highest BCUT2D eigenvalue weighted by Crippen LogP contribution is 2.15. The fourth-order valence-corrected chi connectivity index (χ4v) is 2.82. The van der Waals surface area contributed by atoms with Crippen molar-refractivity contribution in [2.75, 3.05) is 45.6 Å². The van der Waals surface area contributed by atoms with Crippen LogP contribution in [0.3, 0.4) is 0 Å². The molecule has 1 aromatic carbocycles. The number of hydrogen-bond acceptors (Lipinski definition) is 4. The molecule has 1 aliphatic heterocycles. The predicted molar refractivity (Wildman–Crippen MR) is 84.1 cm³/mol. The van der Waals surface area contributed by atoms with Crippen LogP contribution >= 0.6 is 0 Å². The number of rotatable bonds is 5.